The number of alkyl halides is 3. The van der Waals surface area contributed by atoms with Gasteiger partial charge in [-0.3, -0.25) is 23.4 Å². The number of imidazole rings is 1. The predicted octanol–water partition coefficient (Wildman–Crippen LogP) is 3.06. The van der Waals surface area contributed by atoms with Gasteiger partial charge in [-0.1, -0.05) is 18.2 Å². The molecule has 0 saturated carbocycles. The molecular weight excluding hydrogens is 454 g/mol. The first-order chi connectivity index (χ1) is 15.5. The van der Waals surface area contributed by atoms with E-state index in [-0.39, 0.29) is 30.1 Å². The first kappa shape index (κ1) is 22.5. The van der Waals surface area contributed by atoms with Crippen LogP contribution < -0.4 is 15.8 Å². The highest BCUT2D eigenvalue weighted by molar-refractivity contribution is 7.42. The summed E-state index contributed by atoms with van der Waals surface area (Å²) >= 11 is 0. The lowest BCUT2D eigenvalue weighted by Gasteiger charge is -2.24. The monoisotopic (exact) mass is 473 g/mol. The number of nitrogens with two attached hydrogens (primary N) is 1. The van der Waals surface area contributed by atoms with Gasteiger partial charge in [-0.2, -0.15) is 4.98 Å². The van der Waals surface area contributed by atoms with Crippen molar-refractivity contribution in [2.45, 2.75) is 31.5 Å². The molecule has 4 atom stereocenters. The zero-order valence-electron chi connectivity index (χ0n) is 16.5. The molecule has 0 aliphatic carbocycles. The first-order valence-corrected chi connectivity index (χ1v) is 10.5. The molecule has 172 valence electrons. The Morgan fingerprint density at radius 3 is 2.94 bits per heavy atom. The van der Waals surface area contributed by atoms with Crippen molar-refractivity contribution in [2.24, 2.45) is 0 Å². The van der Waals surface area contributed by atoms with Crippen LogP contribution in [-0.4, -0.2) is 45.3 Å². The molecule has 10 nitrogen and oxygen atoms in total. The SMILES string of the molecule is FCF.Nc1nc2c(ncn2C2OC(COP3OCc4ccccc4O3)CC2F)c(=O)[nH]1. The van der Waals surface area contributed by atoms with E-state index in [1.807, 2.05) is 24.3 Å². The molecule has 4 unspecified atom stereocenters. The molecule has 3 aromatic rings. The van der Waals surface area contributed by atoms with Crippen molar-refractivity contribution in [1.82, 2.24) is 19.5 Å². The van der Waals surface area contributed by atoms with Crippen molar-refractivity contribution in [1.29, 1.82) is 0 Å². The summed E-state index contributed by atoms with van der Waals surface area (Å²) in [6.07, 6.45) is -1.39. The molecule has 1 aromatic carbocycles. The van der Waals surface area contributed by atoms with Crippen LogP contribution in [0.1, 0.15) is 18.2 Å². The second-order valence-corrected chi connectivity index (χ2v) is 7.91. The number of rotatable bonds is 4. The maximum absolute atomic E-state index is 14.7. The topological polar surface area (TPSA) is 127 Å². The van der Waals surface area contributed by atoms with E-state index in [2.05, 4.69) is 15.0 Å². The van der Waals surface area contributed by atoms with Crippen LogP contribution in [0.2, 0.25) is 0 Å². The Balaban J connectivity index is 0.000000775. The second-order valence-electron chi connectivity index (χ2n) is 6.77. The minimum absolute atomic E-state index is 0.0702. The van der Waals surface area contributed by atoms with E-state index in [0.717, 1.165) is 11.3 Å². The molecule has 0 bridgehead atoms. The zero-order chi connectivity index (χ0) is 22.7. The van der Waals surface area contributed by atoms with Crippen LogP contribution in [0, 0.1) is 0 Å². The van der Waals surface area contributed by atoms with Gasteiger partial charge >= 0.3 is 8.60 Å². The number of benzene rings is 1. The number of nitrogen functional groups attached to an aromatic ring is 1. The number of anilines is 1. The van der Waals surface area contributed by atoms with E-state index in [1.165, 1.54) is 10.9 Å². The highest BCUT2D eigenvalue weighted by Gasteiger charge is 2.39. The number of ether oxygens (including phenoxy) is 1. The molecule has 4 heterocycles. The highest BCUT2D eigenvalue weighted by Crippen LogP contribution is 2.47. The highest BCUT2D eigenvalue weighted by atomic mass is 31.2. The van der Waals surface area contributed by atoms with Crippen LogP contribution in [0.5, 0.6) is 5.75 Å². The Morgan fingerprint density at radius 1 is 1.34 bits per heavy atom. The van der Waals surface area contributed by atoms with E-state index in [1.54, 1.807) is 0 Å². The first-order valence-electron chi connectivity index (χ1n) is 9.45. The number of H-pyrrole nitrogens is 1. The third-order valence-corrected chi connectivity index (χ3v) is 5.74. The Bertz CT molecular complexity index is 1130. The number of nitrogens with zero attached hydrogens (tertiary/aromatic N) is 3. The van der Waals surface area contributed by atoms with E-state index < -0.39 is 39.6 Å². The van der Waals surface area contributed by atoms with Crippen LogP contribution in [0.3, 0.4) is 0 Å². The average molecular weight is 473 g/mol. The predicted molar refractivity (Wildman–Crippen MR) is 108 cm³/mol. The molecule has 32 heavy (non-hydrogen) atoms. The lowest BCUT2D eigenvalue weighted by molar-refractivity contribution is -0.0335. The van der Waals surface area contributed by atoms with Crippen molar-refractivity contribution in [3.8, 4) is 5.75 Å². The van der Waals surface area contributed by atoms with E-state index >= 15 is 0 Å². The van der Waals surface area contributed by atoms with Gasteiger partial charge in [0.1, 0.15) is 11.9 Å². The number of hydrogen-bond donors (Lipinski definition) is 2. The minimum Gasteiger partial charge on any atom is -0.426 e. The number of fused-ring (bicyclic) bond motifs is 2. The van der Waals surface area contributed by atoms with Gasteiger partial charge < -0.3 is 15.0 Å². The number of halogens is 3. The second kappa shape index (κ2) is 9.82. The van der Waals surface area contributed by atoms with E-state index in [9.17, 15) is 18.0 Å². The third-order valence-electron chi connectivity index (χ3n) is 4.69. The van der Waals surface area contributed by atoms with Gasteiger partial charge in [-0.05, 0) is 6.07 Å². The Morgan fingerprint density at radius 2 is 2.12 bits per heavy atom. The summed E-state index contributed by atoms with van der Waals surface area (Å²) in [6.45, 7) is -1.25. The molecule has 2 aliphatic rings. The average Bonchev–Trinajstić information content (AvgIpc) is 3.35. The molecule has 0 amide bonds. The molecule has 0 spiro atoms. The molecular formula is C18H19F3N5O5P. The van der Waals surface area contributed by atoms with Gasteiger partial charge in [0.05, 0.1) is 25.6 Å². The Kier molecular flexibility index (Phi) is 6.89. The molecule has 3 N–H and O–H groups in total. The van der Waals surface area contributed by atoms with Crippen LogP contribution in [0.15, 0.2) is 35.4 Å². The molecule has 14 heteroatoms. The standard InChI is InChI=1S/C17H17FN5O5P.CH2F2/c18-11-5-10(7-26-29-25-6-9-3-1-2-4-12(9)28-29)27-16(11)23-8-20-13-14(23)21-17(19)22-15(13)24;2-1-3/h1-4,8,10-11,16H,5-7H2,(H3,19,21,22,24);1H2. The van der Waals surface area contributed by atoms with Gasteiger partial charge in [0.15, 0.2) is 17.4 Å². The molecule has 2 aromatic heterocycles. The largest absolute Gasteiger partial charge is 0.426 e. The molecule has 2 aliphatic heterocycles. The quantitative estimate of drug-likeness (QED) is 0.554. The number of hydrogen-bond acceptors (Lipinski definition) is 8. The zero-order valence-corrected chi connectivity index (χ0v) is 17.4. The Labute approximate surface area is 180 Å². The molecule has 1 fully saturated rings. The van der Waals surface area contributed by atoms with E-state index in [4.69, 9.17) is 24.0 Å². The van der Waals surface area contributed by atoms with Gasteiger partial charge in [-0.15, -0.1) is 0 Å². The molecule has 5 rings (SSSR count). The summed E-state index contributed by atoms with van der Waals surface area (Å²) < 4.78 is 58.0. The molecule has 1 saturated heterocycles. The van der Waals surface area contributed by atoms with E-state index in [0.29, 0.717) is 6.61 Å². The Hall–Kier alpha value is -2.73. The summed E-state index contributed by atoms with van der Waals surface area (Å²) in [7, 11) is -1.58. The van der Waals surface area contributed by atoms with Crippen molar-refractivity contribution in [2.75, 3.05) is 19.3 Å². The number of nitrogens with one attached hydrogen (secondary N) is 1. The fourth-order valence-corrected chi connectivity index (χ4v) is 4.38. The lowest BCUT2D eigenvalue weighted by atomic mass is 10.2. The summed E-state index contributed by atoms with van der Waals surface area (Å²) in [6, 6.07) is 7.55. The number of aromatic amines is 1. The summed E-state index contributed by atoms with van der Waals surface area (Å²) in [5.41, 5.74) is 6.28. The third kappa shape index (κ3) is 4.70. The van der Waals surface area contributed by atoms with Gasteiger partial charge in [0.25, 0.3) is 5.56 Å². The van der Waals surface area contributed by atoms with Crippen LogP contribution in [0.25, 0.3) is 11.2 Å². The fourth-order valence-electron chi connectivity index (χ4n) is 3.33. The summed E-state index contributed by atoms with van der Waals surface area (Å²) in [5, 5.41) is 0. The smallest absolute Gasteiger partial charge is 0.397 e. The number of para-hydroxylation sites is 1. The van der Waals surface area contributed by atoms with Gasteiger partial charge in [0.2, 0.25) is 12.9 Å². The van der Waals surface area contributed by atoms with Crippen LogP contribution in [0.4, 0.5) is 19.1 Å². The maximum atomic E-state index is 14.7. The van der Waals surface area contributed by atoms with Crippen molar-refractivity contribution >= 4 is 25.7 Å². The van der Waals surface area contributed by atoms with Crippen LogP contribution in [-0.2, 0) is 20.4 Å². The van der Waals surface area contributed by atoms with Crippen molar-refractivity contribution in [3.05, 3.63) is 46.5 Å². The maximum Gasteiger partial charge on any atom is 0.397 e. The normalized spacial score (nSPS) is 24.5. The van der Waals surface area contributed by atoms with Gasteiger partial charge in [-0.25, -0.2) is 18.2 Å². The fraction of sp³-hybridized carbons (Fsp3) is 0.389. The lowest BCUT2D eigenvalue weighted by Crippen LogP contribution is -2.19. The summed E-state index contributed by atoms with van der Waals surface area (Å²) in [5.74, 6) is 0.643. The number of aromatic nitrogens is 4. The molecule has 0 radical (unpaired) electrons. The van der Waals surface area contributed by atoms with Crippen molar-refractivity contribution in [3.63, 3.8) is 0 Å². The van der Waals surface area contributed by atoms with Crippen LogP contribution >= 0.6 is 8.60 Å². The minimum atomic E-state index is -1.75. The summed E-state index contributed by atoms with van der Waals surface area (Å²) in [4.78, 5) is 22.3. The van der Waals surface area contributed by atoms with Gasteiger partial charge in [0, 0.05) is 12.0 Å². The van der Waals surface area contributed by atoms with Crippen molar-refractivity contribution < 1.29 is 31.5 Å².